The van der Waals surface area contributed by atoms with E-state index in [0.717, 1.165) is 37.3 Å². The molecule has 0 aromatic heterocycles. The van der Waals surface area contributed by atoms with Gasteiger partial charge in [-0.25, -0.2) is 4.79 Å². The van der Waals surface area contributed by atoms with Crippen LogP contribution in [0.3, 0.4) is 0 Å². The summed E-state index contributed by atoms with van der Waals surface area (Å²) in [6.07, 6.45) is 1.89. The van der Waals surface area contributed by atoms with E-state index in [0.29, 0.717) is 0 Å². The number of carbonyl (C=O) groups is 1. The number of nitrogen functional groups attached to an aromatic ring is 1. The molecule has 126 valence electrons. The molecule has 23 heavy (non-hydrogen) atoms. The van der Waals surface area contributed by atoms with E-state index in [-0.39, 0.29) is 18.2 Å². The van der Waals surface area contributed by atoms with Gasteiger partial charge in [0.05, 0.1) is 23.5 Å². The summed E-state index contributed by atoms with van der Waals surface area (Å²) in [5.41, 5.74) is 8.81. The Morgan fingerprint density at radius 3 is 2.35 bits per heavy atom. The van der Waals surface area contributed by atoms with Gasteiger partial charge in [0.1, 0.15) is 5.60 Å². The van der Waals surface area contributed by atoms with Gasteiger partial charge < -0.3 is 15.4 Å². The number of amides is 1. The summed E-state index contributed by atoms with van der Waals surface area (Å²) >= 11 is 0. The highest BCUT2D eigenvalue weighted by Gasteiger charge is 2.44. The second kappa shape index (κ2) is 5.62. The zero-order chi connectivity index (χ0) is 16.8. The number of aryl methyl sites for hydroxylation is 1. The molecule has 2 heterocycles. The number of ether oxygens (including phenoxy) is 1. The van der Waals surface area contributed by atoms with Crippen LogP contribution in [0.5, 0.6) is 0 Å². The minimum atomic E-state index is -0.449. The van der Waals surface area contributed by atoms with Crippen molar-refractivity contribution in [3.63, 3.8) is 0 Å². The molecule has 2 atom stereocenters. The fourth-order valence-electron chi connectivity index (χ4n) is 3.67. The predicted molar refractivity (Wildman–Crippen MR) is 92.7 cm³/mol. The number of benzene rings is 1. The molecule has 0 radical (unpaired) electrons. The fraction of sp³-hybridized carbons (Fsp3) is 0.611. The minimum Gasteiger partial charge on any atom is -0.444 e. The lowest BCUT2D eigenvalue weighted by molar-refractivity contribution is 0.0123. The smallest absolute Gasteiger partial charge is 0.410 e. The number of hydrogen-bond donors (Lipinski definition) is 1. The molecule has 2 fully saturated rings. The molecule has 1 amide bonds. The van der Waals surface area contributed by atoms with Crippen molar-refractivity contribution in [2.45, 2.75) is 58.2 Å². The Kier molecular flexibility index (Phi) is 3.90. The van der Waals surface area contributed by atoms with Gasteiger partial charge in [-0.1, -0.05) is 6.07 Å². The molecule has 2 saturated heterocycles. The third kappa shape index (κ3) is 3.23. The van der Waals surface area contributed by atoms with Gasteiger partial charge >= 0.3 is 6.09 Å². The molecular weight excluding hydrogens is 290 g/mol. The van der Waals surface area contributed by atoms with E-state index in [1.165, 1.54) is 5.56 Å². The molecule has 3 rings (SSSR count). The van der Waals surface area contributed by atoms with Crippen LogP contribution in [0.15, 0.2) is 18.2 Å². The van der Waals surface area contributed by atoms with E-state index < -0.39 is 5.60 Å². The number of carbonyl (C=O) groups excluding carboxylic acids is 1. The first kappa shape index (κ1) is 16.0. The normalized spacial score (nSPS) is 24.0. The lowest BCUT2D eigenvalue weighted by Crippen LogP contribution is -2.56. The average molecular weight is 317 g/mol. The molecule has 2 N–H and O–H groups in total. The highest BCUT2D eigenvalue weighted by Crippen LogP contribution is 2.35. The highest BCUT2D eigenvalue weighted by atomic mass is 16.6. The largest absolute Gasteiger partial charge is 0.444 e. The molecule has 2 bridgehead atoms. The van der Waals surface area contributed by atoms with Crippen molar-refractivity contribution in [2.75, 3.05) is 23.7 Å². The number of fused-ring (bicyclic) bond motifs is 2. The Labute approximate surface area is 138 Å². The van der Waals surface area contributed by atoms with Crippen LogP contribution in [0, 0.1) is 6.92 Å². The molecule has 0 saturated carbocycles. The number of rotatable bonds is 1. The monoisotopic (exact) mass is 317 g/mol. The Morgan fingerprint density at radius 1 is 1.22 bits per heavy atom. The molecule has 5 nitrogen and oxygen atoms in total. The van der Waals surface area contributed by atoms with Gasteiger partial charge in [0, 0.05) is 13.1 Å². The molecule has 2 aliphatic rings. The summed E-state index contributed by atoms with van der Waals surface area (Å²) < 4.78 is 5.58. The maximum absolute atomic E-state index is 12.5. The van der Waals surface area contributed by atoms with Gasteiger partial charge in [0.2, 0.25) is 0 Å². The summed E-state index contributed by atoms with van der Waals surface area (Å²) in [7, 11) is 0. The maximum Gasteiger partial charge on any atom is 0.410 e. The van der Waals surface area contributed by atoms with E-state index >= 15 is 0 Å². The molecule has 2 unspecified atom stereocenters. The summed E-state index contributed by atoms with van der Waals surface area (Å²) in [6.45, 7) is 9.43. The number of nitrogens with zero attached hydrogens (tertiary/aromatic N) is 2. The van der Waals surface area contributed by atoms with Gasteiger partial charge in [-0.3, -0.25) is 4.90 Å². The quantitative estimate of drug-likeness (QED) is 0.808. The lowest BCUT2D eigenvalue weighted by Gasteiger charge is -2.42. The Bertz CT molecular complexity index is 595. The molecule has 0 spiro atoms. The molecule has 1 aromatic rings. The first-order valence-corrected chi connectivity index (χ1v) is 8.37. The second-order valence-corrected chi connectivity index (χ2v) is 7.74. The average Bonchev–Trinajstić information content (AvgIpc) is 2.68. The topological polar surface area (TPSA) is 58.8 Å². The van der Waals surface area contributed by atoms with Gasteiger partial charge in [0.15, 0.2) is 0 Å². The molecular formula is C18H27N3O2. The van der Waals surface area contributed by atoms with Gasteiger partial charge in [-0.2, -0.15) is 0 Å². The van der Waals surface area contributed by atoms with Crippen molar-refractivity contribution >= 4 is 17.5 Å². The molecule has 2 aliphatic heterocycles. The molecule has 0 aliphatic carbocycles. The van der Waals surface area contributed by atoms with Crippen molar-refractivity contribution in [1.29, 1.82) is 0 Å². The van der Waals surface area contributed by atoms with Crippen molar-refractivity contribution in [2.24, 2.45) is 0 Å². The number of hydrogen-bond acceptors (Lipinski definition) is 4. The molecule has 5 heteroatoms. The summed E-state index contributed by atoms with van der Waals surface area (Å²) in [5.74, 6) is 0. The van der Waals surface area contributed by atoms with Gasteiger partial charge in [-0.15, -0.1) is 0 Å². The Balaban J connectivity index is 1.75. The van der Waals surface area contributed by atoms with Crippen molar-refractivity contribution in [1.82, 2.24) is 4.90 Å². The Hall–Kier alpha value is -1.91. The standard InChI is InChI=1S/C18H27N3O2/c1-12-5-8-16(15(19)9-12)20-10-13-6-7-14(11-20)21(13)17(22)23-18(2,3)4/h5,8-9,13-14H,6-7,10-11,19H2,1-4H3. The number of anilines is 2. The van der Waals surface area contributed by atoms with Crippen LogP contribution in [0.4, 0.5) is 16.2 Å². The van der Waals surface area contributed by atoms with Crippen LogP contribution in [0.2, 0.25) is 0 Å². The van der Waals surface area contributed by atoms with Crippen LogP contribution < -0.4 is 10.6 Å². The number of nitrogens with two attached hydrogens (primary N) is 1. The lowest BCUT2D eigenvalue weighted by atomic mass is 10.1. The van der Waals surface area contributed by atoms with Gasteiger partial charge in [-0.05, 0) is 58.2 Å². The van der Waals surface area contributed by atoms with Crippen LogP contribution >= 0.6 is 0 Å². The highest BCUT2D eigenvalue weighted by molar-refractivity contribution is 5.72. The summed E-state index contributed by atoms with van der Waals surface area (Å²) in [6, 6.07) is 6.62. The number of piperazine rings is 1. The summed E-state index contributed by atoms with van der Waals surface area (Å²) in [5, 5.41) is 0. The zero-order valence-electron chi connectivity index (χ0n) is 14.5. The summed E-state index contributed by atoms with van der Waals surface area (Å²) in [4.78, 5) is 16.8. The minimum absolute atomic E-state index is 0.179. The van der Waals surface area contributed by atoms with Crippen LogP contribution in [-0.2, 0) is 4.74 Å². The van der Waals surface area contributed by atoms with Crippen LogP contribution in [0.1, 0.15) is 39.2 Å². The fourth-order valence-corrected chi connectivity index (χ4v) is 3.67. The Morgan fingerprint density at radius 2 is 1.83 bits per heavy atom. The van der Waals surface area contributed by atoms with Crippen molar-refractivity contribution < 1.29 is 9.53 Å². The van der Waals surface area contributed by atoms with E-state index in [1.54, 1.807) is 0 Å². The first-order valence-electron chi connectivity index (χ1n) is 8.37. The SMILES string of the molecule is Cc1ccc(N2CC3CCC(C2)N3C(=O)OC(C)(C)C)c(N)c1. The van der Waals surface area contributed by atoms with Crippen molar-refractivity contribution in [3.8, 4) is 0 Å². The van der Waals surface area contributed by atoms with Crippen LogP contribution in [-0.4, -0.2) is 41.8 Å². The third-order valence-electron chi connectivity index (χ3n) is 4.61. The third-order valence-corrected chi connectivity index (χ3v) is 4.61. The maximum atomic E-state index is 12.5. The van der Waals surface area contributed by atoms with Crippen LogP contribution in [0.25, 0.3) is 0 Å². The van der Waals surface area contributed by atoms with E-state index in [4.69, 9.17) is 10.5 Å². The van der Waals surface area contributed by atoms with Crippen molar-refractivity contribution in [3.05, 3.63) is 23.8 Å². The molecule has 1 aromatic carbocycles. The van der Waals surface area contributed by atoms with E-state index in [1.807, 2.05) is 38.7 Å². The van der Waals surface area contributed by atoms with E-state index in [2.05, 4.69) is 17.0 Å². The predicted octanol–water partition coefficient (Wildman–Crippen LogP) is 3.17. The zero-order valence-corrected chi connectivity index (χ0v) is 14.5. The van der Waals surface area contributed by atoms with E-state index in [9.17, 15) is 4.79 Å². The second-order valence-electron chi connectivity index (χ2n) is 7.74. The first-order chi connectivity index (χ1) is 10.7. The van der Waals surface area contributed by atoms with Gasteiger partial charge in [0.25, 0.3) is 0 Å².